The highest BCUT2D eigenvalue weighted by Gasteiger charge is 2.46. The highest BCUT2D eigenvalue weighted by molar-refractivity contribution is 6.31. The standard InChI is InChI=1S/C30H39ClN4O6/c1-30(2,3)25-27(36)35-16-19(15-23(35)28(37)38)40-26-21(32-20-13-12-18(31)14-22(20)33-26)10-6-4-5-8-17-9-7-11-24(17)41-29(39)34-25/h12-14,17,19,23-25H,4-11,15-16H2,1-3H3,(H,34,39)(H,37,38)/t17-,19-,23+,24-,25-/m1/s1. The maximum absolute atomic E-state index is 13.9. The van der Waals surface area contributed by atoms with Crippen molar-refractivity contribution < 1.29 is 29.0 Å². The number of aromatic nitrogens is 2. The predicted octanol–water partition coefficient (Wildman–Crippen LogP) is 5.14. The highest BCUT2D eigenvalue weighted by Crippen LogP contribution is 2.34. The fourth-order valence-corrected chi connectivity index (χ4v) is 6.46. The van der Waals surface area contributed by atoms with Crippen molar-refractivity contribution in [3.8, 4) is 5.88 Å². The van der Waals surface area contributed by atoms with E-state index in [1.165, 1.54) is 4.90 Å². The number of halogens is 1. The van der Waals surface area contributed by atoms with E-state index in [1.54, 1.807) is 12.1 Å². The van der Waals surface area contributed by atoms with E-state index in [0.29, 0.717) is 34.1 Å². The van der Waals surface area contributed by atoms with Gasteiger partial charge < -0.3 is 24.8 Å². The first-order valence-corrected chi connectivity index (χ1v) is 15.0. The van der Waals surface area contributed by atoms with E-state index in [9.17, 15) is 19.5 Å². The van der Waals surface area contributed by atoms with Gasteiger partial charge in [-0.05, 0) is 68.1 Å². The Morgan fingerprint density at radius 1 is 1.05 bits per heavy atom. The first-order chi connectivity index (χ1) is 19.5. The van der Waals surface area contributed by atoms with Crippen molar-refractivity contribution in [3.05, 3.63) is 28.9 Å². The minimum Gasteiger partial charge on any atom is -0.480 e. The third-order valence-electron chi connectivity index (χ3n) is 8.48. The van der Waals surface area contributed by atoms with Crippen LogP contribution in [-0.4, -0.2) is 68.8 Å². The Labute approximate surface area is 245 Å². The largest absolute Gasteiger partial charge is 0.480 e. The Bertz CT molecular complexity index is 1310. The normalized spacial score (nSPS) is 28.1. The van der Waals surface area contributed by atoms with Crippen LogP contribution in [0.25, 0.3) is 11.0 Å². The molecule has 5 atom stereocenters. The van der Waals surface area contributed by atoms with Crippen molar-refractivity contribution in [2.75, 3.05) is 6.54 Å². The Morgan fingerprint density at radius 3 is 2.59 bits per heavy atom. The van der Waals surface area contributed by atoms with Gasteiger partial charge in [0.05, 0.1) is 17.6 Å². The number of carbonyl (C=O) groups is 3. The van der Waals surface area contributed by atoms with Gasteiger partial charge in [0.1, 0.15) is 30.0 Å². The number of rotatable bonds is 1. The molecule has 2 N–H and O–H groups in total. The molecule has 0 unspecified atom stereocenters. The average molecular weight is 587 g/mol. The van der Waals surface area contributed by atoms with Gasteiger partial charge >= 0.3 is 12.1 Å². The van der Waals surface area contributed by atoms with Crippen molar-refractivity contribution in [2.24, 2.45) is 11.3 Å². The number of ether oxygens (including phenoxy) is 2. The maximum atomic E-state index is 13.9. The van der Waals surface area contributed by atoms with Crippen molar-refractivity contribution in [2.45, 2.75) is 103 Å². The van der Waals surface area contributed by atoms with Crippen molar-refractivity contribution in [1.29, 1.82) is 0 Å². The van der Waals surface area contributed by atoms with Crippen molar-refractivity contribution in [3.63, 3.8) is 0 Å². The molecule has 41 heavy (non-hydrogen) atoms. The molecule has 5 rings (SSSR count). The molecule has 11 heteroatoms. The van der Waals surface area contributed by atoms with Crippen LogP contribution in [0.5, 0.6) is 5.88 Å². The van der Waals surface area contributed by atoms with Crippen LogP contribution in [0.4, 0.5) is 4.79 Å². The molecule has 0 radical (unpaired) electrons. The monoisotopic (exact) mass is 586 g/mol. The molecular weight excluding hydrogens is 548 g/mol. The molecule has 0 spiro atoms. The second kappa shape index (κ2) is 12.0. The molecule has 3 heterocycles. The molecule has 1 aromatic carbocycles. The van der Waals surface area contributed by atoms with Crippen LogP contribution in [0.2, 0.25) is 5.02 Å². The topological polar surface area (TPSA) is 131 Å². The Hall–Kier alpha value is -3.14. The first-order valence-electron chi connectivity index (χ1n) is 14.6. The Morgan fingerprint density at radius 2 is 1.83 bits per heavy atom. The summed E-state index contributed by atoms with van der Waals surface area (Å²) in [5, 5.41) is 13.4. The number of aliphatic carboxylic acids is 1. The van der Waals surface area contributed by atoms with E-state index in [4.69, 9.17) is 31.0 Å². The van der Waals surface area contributed by atoms with E-state index in [1.807, 2.05) is 26.8 Å². The van der Waals surface area contributed by atoms with Gasteiger partial charge in [0, 0.05) is 11.4 Å². The second-order valence-corrected chi connectivity index (χ2v) is 13.0. The zero-order chi connectivity index (χ0) is 29.3. The summed E-state index contributed by atoms with van der Waals surface area (Å²) in [6, 6.07) is 3.24. The van der Waals surface area contributed by atoms with Crippen LogP contribution >= 0.6 is 11.6 Å². The van der Waals surface area contributed by atoms with Crippen LogP contribution in [0.1, 0.15) is 77.8 Å². The van der Waals surface area contributed by atoms with E-state index in [0.717, 1.165) is 44.9 Å². The number of aryl methyl sites for hydroxylation is 1. The number of carbonyl (C=O) groups excluding carboxylic acids is 2. The lowest BCUT2D eigenvalue weighted by molar-refractivity contribution is -0.150. The molecule has 1 aromatic heterocycles. The number of alkyl carbamates (subject to hydrolysis) is 1. The SMILES string of the molecule is CC(C)(C)[C@@H]1NC(=O)O[C@@H]2CCC[C@H]2CCCCCc2nc3ccc(Cl)cc3nc2O[C@@H]2C[C@@H](C(=O)O)N(C2)C1=O. The van der Waals surface area contributed by atoms with Gasteiger partial charge in [-0.25, -0.2) is 19.6 Å². The van der Waals surface area contributed by atoms with Crippen molar-refractivity contribution >= 4 is 40.6 Å². The molecule has 2 aromatic rings. The minimum atomic E-state index is -1.13. The lowest BCUT2D eigenvalue weighted by Crippen LogP contribution is -2.57. The minimum absolute atomic E-state index is 0.0402. The van der Waals surface area contributed by atoms with Gasteiger partial charge in [-0.2, -0.15) is 0 Å². The molecule has 3 aliphatic rings. The average Bonchev–Trinajstić information content (AvgIpc) is 3.53. The quantitative estimate of drug-likeness (QED) is 0.469. The number of hydrogen-bond donors (Lipinski definition) is 2. The molecule has 2 fully saturated rings. The molecule has 1 aliphatic carbocycles. The van der Waals surface area contributed by atoms with Crippen LogP contribution < -0.4 is 10.1 Å². The van der Waals surface area contributed by atoms with Gasteiger partial charge in [0.15, 0.2) is 0 Å². The van der Waals surface area contributed by atoms with E-state index in [-0.39, 0.29) is 25.0 Å². The first kappa shape index (κ1) is 29.4. The number of nitrogens with zero attached hydrogens (tertiary/aromatic N) is 3. The molecule has 1 saturated heterocycles. The van der Waals surface area contributed by atoms with Gasteiger partial charge in [0.2, 0.25) is 11.8 Å². The zero-order valence-electron chi connectivity index (χ0n) is 23.9. The summed E-state index contributed by atoms with van der Waals surface area (Å²) in [4.78, 5) is 50.1. The number of carboxylic acids is 1. The summed E-state index contributed by atoms with van der Waals surface area (Å²) in [6.45, 7) is 5.55. The molecule has 1 saturated carbocycles. The van der Waals surface area contributed by atoms with E-state index in [2.05, 4.69) is 5.32 Å². The van der Waals surface area contributed by atoms with Crippen LogP contribution in [0.3, 0.4) is 0 Å². The molecule has 10 nitrogen and oxygen atoms in total. The van der Waals surface area contributed by atoms with E-state index < -0.39 is 41.6 Å². The summed E-state index contributed by atoms with van der Waals surface area (Å²) in [5.41, 5.74) is 1.31. The molecular formula is C30H39ClN4O6. The van der Waals surface area contributed by atoms with Crippen LogP contribution in [0, 0.1) is 11.3 Å². The van der Waals surface area contributed by atoms with Gasteiger partial charge in [0.25, 0.3) is 0 Å². The number of nitrogens with one attached hydrogen (secondary N) is 1. The fraction of sp³-hybridized carbons (Fsp3) is 0.633. The highest BCUT2D eigenvalue weighted by atomic mass is 35.5. The van der Waals surface area contributed by atoms with Crippen LogP contribution in [-0.2, 0) is 20.7 Å². The van der Waals surface area contributed by atoms with Crippen LogP contribution in [0.15, 0.2) is 18.2 Å². The fourth-order valence-electron chi connectivity index (χ4n) is 6.29. The van der Waals surface area contributed by atoms with Gasteiger partial charge in [-0.1, -0.05) is 45.2 Å². The maximum Gasteiger partial charge on any atom is 0.408 e. The molecule has 2 bridgehead atoms. The third-order valence-corrected chi connectivity index (χ3v) is 8.72. The van der Waals surface area contributed by atoms with Crippen molar-refractivity contribution in [1.82, 2.24) is 20.2 Å². The second-order valence-electron chi connectivity index (χ2n) is 12.6. The summed E-state index contributed by atoms with van der Waals surface area (Å²) in [6.07, 6.45) is 5.92. The molecule has 2 aliphatic heterocycles. The lowest BCUT2D eigenvalue weighted by Gasteiger charge is -2.35. The zero-order valence-corrected chi connectivity index (χ0v) is 24.7. The van der Waals surface area contributed by atoms with E-state index >= 15 is 0 Å². The van der Waals surface area contributed by atoms with Gasteiger partial charge in [-0.3, -0.25) is 4.79 Å². The molecule has 2 amide bonds. The summed E-state index contributed by atoms with van der Waals surface area (Å²) in [7, 11) is 0. The third kappa shape index (κ3) is 6.68. The summed E-state index contributed by atoms with van der Waals surface area (Å²) >= 11 is 6.21. The number of benzene rings is 1. The number of hydrogen-bond acceptors (Lipinski definition) is 7. The number of carboxylic acid groups (broad SMARTS) is 1. The number of fused-ring (bicyclic) bond motifs is 5. The smallest absolute Gasteiger partial charge is 0.408 e. The molecule has 222 valence electrons. The summed E-state index contributed by atoms with van der Waals surface area (Å²) in [5.74, 6) is -0.984. The lowest BCUT2D eigenvalue weighted by atomic mass is 9.85. The predicted molar refractivity (Wildman–Crippen MR) is 153 cm³/mol. The number of amides is 2. The Kier molecular flexibility index (Phi) is 8.59. The van der Waals surface area contributed by atoms with Gasteiger partial charge in [-0.15, -0.1) is 0 Å². The summed E-state index contributed by atoms with van der Waals surface area (Å²) < 4.78 is 12.2. The Balaban J connectivity index is 1.49.